The number of carbonyl (C=O) groups excluding carboxylic acids is 1. The lowest BCUT2D eigenvalue weighted by atomic mass is 9.94. The van der Waals surface area contributed by atoms with Crippen LogP contribution in [0.3, 0.4) is 0 Å². The number of hydrogen-bond donors (Lipinski definition) is 3. The van der Waals surface area contributed by atoms with Crippen LogP contribution in [0.15, 0.2) is 72.0 Å². The number of aromatic nitrogens is 1. The molecule has 3 heterocycles. The lowest BCUT2D eigenvalue weighted by Gasteiger charge is -2.29. The number of carbonyl (C=O) groups is 1. The Bertz CT molecular complexity index is 1300. The smallest absolute Gasteiger partial charge is 0.270 e. The third-order valence-corrected chi connectivity index (χ3v) is 6.37. The molecule has 0 saturated heterocycles. The van der Waals surface area contributed by atoms with E-state index < -0.39 is 0 Å². The Hall–Kier alpha value is -4.13. The van der Waals surface area contributed by atoms with Gasteiger partial charge in [0.05, 0.1) is 18.8 Å². The van der Waals surface area contributed by atoms with E-state index in [1.54, 1.807) is 12.4 Å². The van der Waals surface area contributed by atoms with Crippen LogP contribution in [-0.4, -0.2) is 36.2 Å². The van der Waals surface area contributed by atoms with E-state index >= 15 is 0 Å². The van der Waals surface area contributed by atoms with Gasteiger partial charge in [0.15, 0.2) is 0 Å². The third kappa shape index (κ3) is 4.62. The van der Waals surface area contributed by atoms with Crippen molar-refractivity contribution in [2.75, 3.05) is 25.0 Å². The summed E-state index contributed by atoms with van der Waals surface area (Å²) in [6, 6.07) is 18.1. The molecule has 35 heavy (non-hydrogen) atoms. The molecule has 5 rings (SSSR count). The standard InChI is InChI=1S/C28H29N5O2/c1-17(2)18-3-5-19(6-4-18)24-16-33-22-15-21(7-8-23(22)35-24)25(27-28(34)32-14-13-31-27)26(29)20-9-11-30-12-10-20/h3-12,15,17,24,33H,13-14,16,29H2,1-2H3,(H,32,34). The van der Waals surface area contributed by atoms with Crippen LogP contribution in [0.1, 0.15) is 48.1 Å². The van der Waals surface area contributed by atoms with Gasteiger partial charge in [-0.1, -0.05) is 44.2 Å². The Labute approximate surface area is 205 Å². The minimum Gasteiger partial charge on any atom is -0.482 e. The van der Waals surface area contributed by atoms with E-state index in [2.05, 4.69) is 58.7 Å². The number of aliphatic imine (C=N–C) groups is 1. The van der Waals surface area contributed by atoms with E-state index in [-0.39, 0.29) is 12.0 Å². The van der Waals surface area contributed by atoms with Crippen LogP contribution >= 0.6 is 0 Å². The summed E-state index contributed by atoms with van der Waals surface area (Å²) in [7, 11) is 0. The average molecular weight is 468 g/mol. The van der Waals surface area contributed by atoms with Gasteiger partial charge in [0, 0.05) is 35.8 Å². The van der Waals surface area contributed by atoms with Crippen molar-refractivity contribution in [3.05, 3.63) is 89.2 Å². The molecule has 0 saturated carbocycles. The van der Waals surface area contributed by atoms with Gasteiger partial charge >= 0.3 is 0 Å². The van der Waals surface area contributed by atoms with Gasteiger partial charge in [-0.3, -0.25) is 14.8 Å². The molecule has 0 fully saturated rings. The molecule has 7 heteroatoms. The van der Waals surface area contributed by atoms with E-state index in [1.165, 1.54) is 5.56 Å². The van der Waals surface area contributed by atoms with Gasteiger partial charge in [-0.25, -0.2) is 0 Å². The van der Waals surface area contributed by atoms with E-state index in [0.717, 1.165) is 28.1 Å². The first kappa shape index (κ1) is 22.7. The van der Waals surface area contributed by atoms with Crippen molar-refractivity contribution >= 4 is 28.6 Å². The maximum atomic E-state index is 12.7. The molecule has 2 aliphatic rings. The van der Waals surface area contributed by atoms with Crippen LogP contribution in [-0.2, 0) is 4.79 Å². The Morgan fingerprint density at radius 3 is 2.51 bits per heavy atom. The minimum absolute atomic E-state index is 0.0834. The molecule has 2 aliphatic heterocycles. The Morgan fingerprint density at radius 2 is 1.80 bits per heavy atom. The minimum atomic E-state index is -0.227. The highest BCUT2D eigenvalue weighted by atomic mass is 16.5. The Kier molecular flexibility index (Phi) is 6.23. The van der Waals surface area contributed by atoms with Gasteiger partial charge in [0.1, 0.15) is 17.6 Å². The summed E-state index contributed by atoms with van der Waals surface area (Å²) in [6.45, 7) is 6.04. The van der Waals surface area contributed by atoms with Gasteiger partial charge < -0.3 is 21.1 Å². The van der Waals surface area contributed by atoms with Crippen molar-refractivity contribution in [1.29, 1.82) is 0 Å². The molecular weight excluding hydrogens is 438 g/mol. The van der Waals surface area contributed by atoms with Gasteiger partial charge in [-0.15, -0.1) is 0 Å². The predicted molar refractivity (Wildman–Crippen MR) is 139 cm³/mol. The number of ether oxygens (including phenoxy) is 1. The highest BCUT2D eigenvalue weighted by Gasteiger charge is 2.26. The summed E-state index contributed by atoms with van der Waals surface area (Å²) in [4.78, 5) is 21.3. The van der Waals surface area contributed by atoms with Crippen LogP contribution in [0, 0.1) is 0 Å². The van der Waals surface area contributed by atoms with E-state index in [9.17, 15) is 4.79 Å². The molecule has 0 spiro atoms. The zero-order valence-corrected chi connectivity index (χ0v) is 19.9. The average Bonchev–Trinajstić information content (AvgIpc) is 2.90. The first-order chi connectivity index (χ1) is 17.0. The van der Waals surface area contributed by atoms with Crippen molar-refractivity contribution in [1.82, 2.24) is 10.3 Å². The van der Waals surface area contributed by atoms with Crippen molar-refractivity contribution in [3.63, 3.8) is 0 Å². The highest BCUT2D eigenvalue weighted by molar-refractivity contribution is 6.58. The molecule has 4 N–H and O–H groups in total. The molecule has 1 aromatic heterocycles. The monoisotopic (exact) mass is 467 g/mol. The molecule has 0 radical (unpaired) electrons. The lowest BCUT2D eigenvalue weighted by Crippen LogP contribution is -2.38. The fraction of sp³-hybridized carbons (Fsp3) is 0.250. The second-order valence-corrected chi connectivity index (χ2v) is 9.03. The summed E-state index contributed by atoms with van der Waals surface area (Å²) >= 11 is 0. The molecule has 1 atom stereocenters. The zero-order valence-electron chi connectivity index (χ0n) is 19.9. The van der Waals surface area contributed by atoms with Crippen molar-refractivity contribution in [2.45, 2.75) is 25.9 Å². The van der Waals surface area contributed by atoms with Crippen molar-refractivity contribution in [3.8, 4) is 5.75 Å². The molecule has 0 aliphatic carbocycles. The molecule has 1 amide bonds. The van der Waals surface area contributed by atoms with Gasteiger partial charge in [-0.2, -0.15) is 0 Å². The molecule has 2 aromatic carbocycles. The van der Waals surface area contributed by atoms with Gasteiger partial charge in [0.2, 0.25) is 0 Å². The molecule has 178 valence electrons. The first-order valence-corrected chi connectivity index (χ1v) is 11.9. The maximum absolute atomic E-state index is 12.7. The fourth-order valence-corrected chi connectivity index (χ4v) is 4.39. The topological polar surface area (TPSA) is 102 Å². The number of benzene rings is 2. The van der Waals surface area contributed by atoms with Crippen LogP contribution in [0.5, 0.6) is 5.75 Å². The number of nitrogens with one attached hydrogen (secondary N) is 2. The number of amides is 1. The van der Waals surface area contributed by atoms with Crippen LogP contribution < -0.4 is 21.1 Å². The molecule has 1 unspecified atom stereocenters. The molecular formula is C28H29N5O2. The SMILES string of the molecule is CC(C)c1ccc(C2CNc3cc(C(C4=NCCNC4=O)=C(N)c4ccncc4)ccc3O2)cc1. The van der Waals surface area contributed by atoms with Crippen LogP contribution in [0.2, 0.25) is 0 Å². The number of nitrogens with zero attached hydrogens (tertiary/aromatic N) is 2. The number of anilines is 1. The lowest BCUT2D eigenvalue weighted by molar-refractivity contribution is -0.114. The molecule has 3 aromatic rings. The summed E-state index contributed by atoms with van der Waals surface area (Å²) in [6.07, 6.45) is 3.28. The van der Waals surface area contributed by atoms with Crippen LogP contribution in [0.4, 0.5) is 5.69 Å². The number of pyridine rings is 1. The summed E-state index contributed by atoms with van der Waals surface area (Å²) in [5, 5.41) is 6.37. The Morgan fingerprint density at radius 1 is 1.03 bits per heavy atom. The predicted octanol–water partition coefficient (Wildman–Crippen LogP) is 4.15. The summed E-state index contributed by atoms with van der Waals surface area (Å²) < 4.78 is 6.34. The molecule has 0 bridgehead atoms. The van der Waals surface area contributed by atoms with Crippen molar-refractivity contribution < 1.29 is 9.53 Å². The largest absolute Gasteiger partial charge is 0.482 e. The van der Waals surface area contributed by atoms with E-state index in [1.807, 2.05) is 30.3 Å². The molecule has 7 nitrogen and oxygen atoms in total. The Balaban J connectivity index is 1.49. The highest BCUT2D eigenvalue weighted by Crippen LogP contribution is 2.37. The normalized spacial score (nSPS) is 18.0. The van der Waals surface area contributed by atoms with Gasteiger partial charge in [-0.05, 0) is 46.9 Å². The third-order valence-electron chi connectivity index (χ3n) is 6.37. The summed E-state index contributed by atoms with van der Waals surface area (Å²) in [5.41, 5.74) is 12.9. The number of rotatable bonds is 5. The summed E-state index contributed by atoms with van der Waals surface area (Å²) in [5.74, 6) is 1.02. The zero-order chi connectivity index (χ0) is 24.4. The van der Waals surface area contributed by atoms with E-state index in [0.29, 0.717) is 42.5 Å². The fourth-order valence-electron chi connectivity index (χ4n) is 4.39. The number of hydrogen-bond acceptors (Lipinski definition) is 6. The van der Waals surface area contributed by atoms with Crippen LogP contribution in [0.25, 0.3) is 11.3 Å². The number of fused-ring (bicyclic) bond motifs is 1. The maximum Gasteiger partial charge on any atom is 0.270 e. The quantitative estimate of drug-likeness (QED) is 0.523. The van der Waals surface area contributed by atoms with Crippen molar-refractivity contribution in [2.24, 2.45) is 10.7 Å². The second-order valence-electron chi connectivity index (χ2n) is 9.03. The number of nitrogens with two attached hydrogens (primary N) is 1. The second kappa shape index (κ2) is 9.62. The van der Waals surface area contributed by atoms with E-state index in [4.69, 9.17) is 10.5 Å². The van der Waals surface area contributed by atoms with Gasteiger partial charge in [0.25, 0.3) is 5.91 Å². The first-order valence-electron chi connectivity index (χ1n) is 11.9.